The molecule has 0 spiro atoms. The summed E-state index contributed by atoms with van der Waals surface area (Å²) >= 11 is 0. The van der Waals surface area contributed by atoms with Crippen LogP contribution in [0.1, 0.15) is 27.7 Å². The van der Waals surface area contributed by atoms with Gasteiger partial charge in [0.05, 0.1) is 0 Å². The third-order valence-electron chi connectivity index (χ3n) is 1.20. The molecule has 0 aliphatic heterocycles. The number of carboxylic acids is 1. The van der Waals surface area contributed by atoms with Crippen molar-refractivity contribution in [1.82, 2.24) is 5.32 Å². The van der Waals surface area contributed by atoms with Crippen LogP contribution in [0.4, 0.5) is 4.79 Å². The number of carbonyl (C=O) groups is 2. The minimum absolute atomic E-state index is 0.660. The molecule has 0 aliphatic carbocycles. The summed E-state index contributed by atoms with van der Waals surface area (Å²) in [7, 11) is 0. The summed E-state index contributed by atoms with van der Waals surface area (Å²) in [6.07, 6.45) is -0.794. The summed E-state index contributed by atoms with van der Waals surface area (Å²) in [6.45, 7) is 6.56. The summed E-state index contributed by atoms with van der Waals surface area (Å²) in [5.74, 6) is 3.54. The highest BCUT2D eigenvalue weighted by Crippen LogP contribution is 2.06. The van der Waals surface area contributed by atoms with Crippen LogP contribution < -0.4 is 5.32 Å². The molecule has 0 aliphatic rings. The van der Waals surface area contributed by atoms with Gasteiger partial charge in [-0.05, 0) is 27.7 Å². The Kier molecular flexibility index (Phi) is 4.65. The monoisotopic (exact) mass is 213 g/mol. The van der Waals surface area contributed by atoms with Crippen LogP contribution in [0.15, 0.2) is 0 Å². The minimum Gasteiger partial charge on any atom is -0.479 e. The molecule has 0 saturated heterocycles. The number of rotatable bonds is 2. The van der Waals surface area contributed by atoms with E-state index >= 15 is 0 Å². The number of nitrogens with one attached hydrogen (secondary N) is 1. The maximum Gasteiger partial charge on any atom is 0.409 e. The largest absolute Gasteiger partial charge is 0.479 e. The Morgan fingerprint density at radius 3 is 2.27 bits per heavy atom. The second kappa shape index (κ2) is 5.25. The first-order valence-electron chi connectivity index (χ1n) is 4.41. The zero-order valence-electron chi connectivity index (χ0n) is 9.25. The van der Waals surface area contributed by atoms with Gasteiger partial charge in [0.15, 0.2) is 6.04 Å². The van der Waals surface area contributed by atoms with E-state index < -0.39 is 23.7 Å². The van der Waals surface area contributed by atoms with Crippen LogP contribution >= 0.6 is 0 Å². The van der Waals surface area contributed by atoms with E-state index in [9.17, 15) is 9.59 Å². The van der Waals surface area contributed by atoms with Crippen molar-refractivity contribution in [3.05, 3.63) is 0 Å². The van der Waals surface area contributed by atoms with Gasteiger partial charge in [0.1, 0.15) is 5.60 Å². The first kappa shape index (κ1) is 13.3. The minimum atomic E-state index is -1.23. The van der Waals surface area contributed by atoms with Crippen LogP contribution in [0, 0.1) is 11.8 Å². The Labute approximate surface area is 88.8 Å². The SMILES string of the molecule is CC#C[C@@H](NC(=O)OC(C)(C)C)C(=O)O. The summed E-state index contributed by atoms with van der Waals surface area (Å²) in [5.41, 5.74) is -0.660. The lowest BCUT2D eigenvalue weighted by Crippen LogP contribution is -2.42. The summed E-state index contributed by atoms with van der Waals surface area (Å²) < 4.78 is 4.88. The van der Waals surface area contributed by atoms with Crippen LogP contribution in [0.3, 0.4) is 0 Å². The zero-order chi connectivity index (χ0) is 12.1. The van der Waals surface area contributed by atoms with Gasteiger partial charge in [-0.15, -0.1) is 5.92 Å². The van der Waals surface area contributed by atoms with E-state index in [4.69, 9.17) is 9.84 Å². The fraction of sp³-hybridized carbons (Fsp3) is 0.600. The van der Waals surface area contributed by atoms with Gasteiger partial charge in [-0.3, -0.25) is 5.32 Å². The van der Waals surface area contributed by atoms with Crippen LogP contribution in [0.5, 0.6) is 0 Å². The lowest BCUT2D eigenvalue weighted by Gasteiger charge is -2.20. The highest BCUT2D eigenvalue weighted by Gasteiger charge is 2.21. The summed E-state index contributed by atoms with van der Waals surface area (Å²) in [4.78, 5) is 21.8. The highest BCUT2D eigenvalue weighted by atomic mass is 16.6. The van der Waals surface area contributed by atoms with Crippen LogP contribution in [-0.4, -0.2) is 28.8 Å². The van der Waals surface area contributed by atoms with E-state index in [1.54, 1.807) is 20.8 Å². The molecule has 5 nitrogen and oxygen atoms in total. The predicted molar refractivity (Wildman–Crippen MR) is 54.2 cm³/mol. The fourth-order valence-electron chi connectivity index (χ4n) is 0.729. The van der Waals surface area contributed by atoms with Crippen molar-refractivity contribution in [3.8, 4) is 11.8 Å². The average Bonchev–Trinajstić information content (AvgIpc) is 1.99. The molecule has 0 fully saturated rings. The Bertz CT molecular complexity index is 306. The number of alkyl carbamates (subject to hydrolysis) is 1. The van der Waals surface area contributed by atoms with E-state index in [1.807, 2.05) is 0 Å². The lowest BCUT2D eigenvalue weighted by atomic mass is 10.2. The highest BCUT2D eigenvalue weighted by molar-refractivity contribution is 5.83. The second-order valence-electron chi connectivity index (χ2n) is 3.81. The van der Waals surface area contributed by atoms with Crippen LogP contribution in [0.25, 0.3) is 0 Å². The number of hydrogen-bond acceptors (Lipinski definition) is 3. The predicted octanol–water partition coefficient (Wildman–Crippen LogP) is 0.988. The number of aliphatic carboxylic acids is 1. The van der Waals surface area contributed by atoms with Crippen molar-refractivity contribution in [3.63, 3.8) is 0 Å². The Hall–Kier alpha value is -1.70. The molecule has 84 valence electrons. The molecule has 2 N–H and O–H groups in total. The topological polar surface area (TPSA) is 75.6 Å². The van der Waals surface area contributed by atoms with Crippen molar-refractivity contribution in [2.75, 3.05) is 0 Å². The van der Waals surface area contributed by atoms with E-state index in [0.29, 0.717) is 0 Å². The first-order valence-corrected chi connectivity index (χ1v) is 4.41. The molecular weight excluding hydrogens is 198 g/mol. The molecule has 15 heavy (non-hydrogen) atoms. The van der Waals surface area contributed by atoms with Gasteiger partial charge in [-0.1, -0.05) is 5.92 Å². The van der Waals surface area contributed by atoms with Crippen LogP contribution in [-0.2, 0) is 9.53 Å². The summed E-state index contributed by atoms with van der Waals surface area (Å²) in [6, 6.07) is -1.23. The van der Waals surface area contributed by atoms with Crippen molar-refractivity contribution in [1.29, 1.82) is 0 Å². The molecule has 0 heterocycles. The molecule has 0 radical (unpaired) electrons. The normalized spacial score (nSPS) is 12.0. The first-order chi connectivity index (χ1) is 6.76. The number of hydrogen-bond donors (Lipinski definition) is 2. The van der Waals surface area contributed by atoms with Gasteiger partial charge in [0, 0.05) is 0 Å². The molecule has 0 aromatic heterocycles. The molecule has 5 heteroatoms. The number of ether oxygens (including phenoxy) is 1. The third kappa shape index (κ3) is 6.38. The molecule has 1 atom stereocenters. The maximum atomic E-state index is 11.2. The van der Waals surface area contributed by atoms with Gasteiger partial charge < -0.3 is 9.84 Å². The van der Waals surface area contributed by atoms with E-state index in [2.05, 4.69) is 17.2 Å². The quantitative estimate of drug-likeness (QED) is 0.670. The molecular formula is C10H15NO4. The lowest BCUT2D eigenvalue weighted by molar-refractivity contribution is -0.137. The van der Waals surface area contributed by atoms with Gasteiger partial charge in [0.2, 0.25) is 0 Å². The number of carbonyl (C=O) groups excluding carboxylic acids is 1. The van der Waals surface area contributed by atoms with Gasteiger partial charge >= 0.3 is 12.1 Å². The Morgan fingerprint density at radius 1 is 1.40 bits per heavy atom. The number of amides is 1. The molecule has 0 bridgehead atoms. The van der Waals surface area contributed by atoms with Crippen molar-refractivity contribution < 1.29 is 19.4 Å². The second-order valence-corrected chi connectivity index (χ2v) is 3.81. The molecule has 1 amide bonds. The Morgan fingerprint density at radius 2 is 1.93 bits per heavy atom. The van der Waals surface area contributed by atoms with Gasteiger partial charge in [0.25, 0.3) is 0 Å². The van der Waals surface area contributed by atoms with Crippen molar-refractivity contribution in [2.24, 2.45) is 0 Å². The Balaban J connectivity index is 4.35. The van der Waals surface area contributed by atoms with Crippen LogP contribution in [0.2, 0.25) is 0 Å². The zero-order valence-corrected chi connectivity index (χ0v) is 9.25. The van der Waals surface area contributed by atoms with Gasteiger partial charge in [-0.25, -0.2) is 9.59 Å². The molecule has 0 saturated carbocycles. The van der Waals surface area contributed by atoms with E-state index in [0.717, 1.165) is 0 Å². The van der Waals surface area contributed by atoms with E-state index in [1.165, 1.54) is 6.92 Å². The molecule has 0 aromatic carbocycles. The third-order valence-corrected chi connectivity index (χ3v) is 1.20. The van der Waals surface area contributed by atoms with E-state index in [-0.39, 0.29) is 0 Å². The standard InChI is InChI=1S/C10H15NO4/c1-5-6-7(8(12)13)11-9(14)15-10(2,3)4/h7H,1-4H3,(H,11,14)(H,12,13)/t7-/m1/s1. The van der Waals surface area contributed by atoms with Crippen molar-refractivity contribution >= 4 is 12.1 Å². The smallest absolute Gasteiger partial charge is 0.409 e. The molecule has 0 unspecified atom stereocenters. The number of carboxylic acid groups (broad SMARTS) is 1. The maximum absolute atomic E-state index is 11.2. The summed E-state index contributed by atoms with van der Waals surface area (Å²) in [5, 5.41) is 10.8. The molecule has 0 aromatic rings. The van der Waals surface area contributed by atoms with Crippen molar-refractivity contribution in [2.45, 2.75) is 39.3 Å². The average molecular weight is 213 g/mol. The fourth-order valence-corrected chi connectivity index (χ4v) is 0.729. The van der Waals surface area contributed by atoms with Gasteiger partial charge in [-0.2, -0.15) is 0 Å². The molecule has 0 rings (SSSR count).